The number of aromatic amines is 1. The summed E-state index contributed by atoms with van der Waals surface area (Å²) in [6.45, 7) is 4.52. The average molecular weight is 296 g/mol. The molecule has 0 saturated heterocycles. The van der Waals surface area contributed by atoms with E-state index in [9.17, 15) is 9.59 Å². The highest BCUT2D eigenvalue weighted by Crippen LogP contribution is 2.52. The number of carbonyl (C=O) groups excluding carboxylic acids is 2. The van der Waals surface area contributed by atoms with Crippen LogP contribution in [0.25, 0.3) is 0 Å². The summed E-state index contributed by atoms with van der Waals surface area (Å²) in [5, 5.41) is 9.57. The van der Waals surface area contributed by atoms with Gasteiger partial charge in [-0.3, -0.25) is 14.7 Å². The molecule has 2 amide bonds. The third kappa shape index (κ3) is 1.37. The molecule has 1 aromatic heterocycles. The van der Waals surface area contributed by atoms with Crippen molar-refractivity contribution in [1.82, 2.24) is 10.2 Å². The van der Waals surface area contributed by atoms with E-state index < -0.39 is 5.41 Å². The normalized spacial score (nSPS) is 22.7. The molecule has 0 saturated carbocycles. The lowest BCUT2D eigenvalue weighted by atomic mass is 9.71. The number of benzene rings is 1. The summed E-state index contributed by atoms with van der Waals surface area (Å²) < 4.78 is 0. The van der Waals surface area contributed by atoms with E-state index in [1.807, 2.05) is 32.0 Å². The Morgan fingerprint density at radius 1 is 1.32 bits per heavy atom. The SMILES string of the molecule is CCN1C(=O)[C@]2(CC(=O)Nc3[nH]ncc32)c2cccc(C)c21. The maximum atomic E-state index is 13.2. The smallest absolute Gasteiger partial charge is 0.242 e. The molecule has 22 heavy (non-hydrogen) atoms. The van der Waals surface area contributed by atoms with Gasteiger partial charge in [0.2, 0.25) is 11.8 Å². The van der Waals surface area contributed by atoms with Crippen molar-refractivity contribution in [3.63, 3.8) is 0 Å². The van der Waals surface area contributed by atoms with Crippen LogP contribution in [0.3, 0.4) is 0 Å². The van der Waals surface area contributed by atoms with Gasteiger partial charge in [-0.05, 0) is 25.0 Å². The number of fused-ring (bicyclic) bond motifs is 4. The highest BCUT2D eigenvalue weighted by molar-refractivity contribution is 6.16. The second-order valence-corrected chi connectivity index (χ2v) is 5.81. The molecule has 4 rings (SSSR count). The van der Waals surface area contributed by atoms with E-state index in [2.05, 4.69) is 15.5 Å². The molecule has 0 aliphatic carbocycles. The molecule has 2 aliphatic heterocycles. The number of hydrogen-bond donors (Lipinski definition) is 2. The molecular weight excluding hydrogens is 280 g/mol. The molecule has 6 nitrogen and oxygen atoms in total. The molecule has 1 spiro atoms. The Labute approximate surface area is 127 Å². The molecule has 0 fully saturated rings. The van der Waals surface area contributed by atoms with Gasteiger partial charge in [-0.1, -0.05) is 18.2 Å². The van der Waals surface area contributed by atoms with Crippen molar-refractivity contribution in [3.8, 4) is 0 Å². The molecule has 2 aliphatic rings. The summed E-state index contributed by atoms with van der Waals surface area (Å²) in [5.74, 6) is 0.308. The zero-order valence-corrected chi connectivity index (χ0v) is 12.4. The quantitative estimate of drug-likeness (QED) is 0.841. The highest BCUT2D eigenvalue weighted by Gasteiger charge is 2.56. The fourth-order valence-corrected chi connectivity index (χ4v) is 3.77. The Morgan fingerprint density at radius 2 is 2.14 bits per heavy atom. The molecule has 112 valence electrons. The van der Waals surface area contributed by atoms with Crippen LogP contribution in [0.4, 0.5) is 11.5 Å². The number of aromatic nitrogens is 2. The number of rotatable bonds is 1. The summed E-state index contributed by atoms with van der Waals surface area (Å²) in [6, 6.07) is 5.88. The van der Waals surface area contributed by atoms with Crippen molar-refractivity contribution < 1.29 is 9.59 Å². The van der Waals surface area contributed by atoms with Crippen LogP contribution in [0, 0.1) is 6.92 Å². The standard InChI is InChI=1S/C16H16N4O2/c1-3-20-13-9(2)5-4-6-10(13)16(15(20)22)7-12(21)18-14-11(16)8-17-19-14/h4-6,8H,3,7H2,1-2H3,(H2,17,18,19,21)/t16-/m1/s1. The van der Waals surface area contributed by atoms with Crippen molar-refractivity contribution in [2.75, 3.05) is 16.8 Å². The Bertz CT molecular complexity index is 810. The number of para-hydroxylation sites is 1. The van der Waals surface area contributed by atoms with E-state index in [0.717, 1.165) is 22.4 Å². The van der Waals surface area contributed by atoms with Crippen LogP contribution in [0.2, 0.25) is 0 Å². The second kappa shape index (κ2) is 4.19. The summed E-state index contributed by atoms with van der Waals surface area (Å²) in [4.78, 5) is 27.2. The van der Waals surface area contributed by atoms with E-state index in [1.165, 1.54) is 0 Å². The van der Waals surface area contributed by atoms with Gasteiger partial charge in [0.05, 0.1) is 11.9 Å². The first-order valence-electron chi connectivity index (χ1n) is 7.35. The number of anilines is 2. The van der Waals surface area contributed by atoms with Crippen LogP contribution in [0.5, 0.6) is 0 Å². The van der Waals surface area contributed by atoms with Crippen LogP contribution < -0.4 is 10.2 Å². The Morgan fingerprint density at radius 3 is 2.91 bits per heavy atom. The van der Waals surface area contributed by atoms with Crippen molar-refractivity contribution >= 4 is 23.3 Å². The number of hydrogen-bond acceptors (Lipinski definition) is 3. The molecule has 0 radical (unpaired) electrons. The van der Waals surface area contributed by atoms with Gasteiger partial charge >= 0.3 is 0 Å². The minimum absolute atomic E-state index is 0.0446. The summed E-state index contributed by atoms with van der Waals surface area (Å²) in [6.07, 6.45) is 1.77. The van der Waals surface area contributed by atoms with Gasteiger partial charge in [0.15, 0.2) is 0 Å². The maximum Gasteiger partial charge on any atom is 0.242 e. The topological polar surface area (TPSA) is 78.1 Å². The molecule has 1 atom stereocenters. The first-order chi connectivity index (χ1) is 10.6. The van der Waals surface area contributed by atoms with E-state index in [1.54, 1.807) is 11.1 Å². The highest BCUT2D eigenvalue weighted by atomic mass is 16.2. The lowest BCUT2D eigenvalue weighted by Gasteiger charge is -2.31. The van der Waals surface area contributed by atoms with Crippen molar-refractivity contribution in [2.45, 2.75) is 25.7 Å². The zero-order valence-electron chi connectivity index (χ0n) is 12.4. The molecule has 2 aromatic rings. The van der Waals surface area contributed by atoms with Crippen LogP contribution in [0.1, 0.15) is 30.0 Å². The number of amides is 2. The van der Waals surface area contributed by atoms with Gasteiger partial charge in [-0.2, -0.15) is 5.10 Å². The first-order valence-corrected chi connectivity index (χ1v) is 7.35. The van der Waals surface area contributed by atoms with Crippen molar-refractivity contribution in [2.24, 2.45) is 0 Å². The van der Waals surface area contributed by atoms with Crippen LogP contribution in [0.15, 0.2) is 24.4 Å². The van der Waals surface area contributed by atoms with E-state index in [-0.39, 0.29) is 18.2 Å². The lowest BCUT2D eigenvalue weighted by Crippen LogP contribution is -2.46. The Kier molecular flexibility index (Phi) is 2.49. The number of H-pyrrole nitrogens is 1. The first kappa shape index (κ1) is 13.1. The van der Waals surface area contributed by atoms with Gasteiger partial charge < -0.3 is 10.2 Å². The van der Waals surface area contributed by atoms with Crippen LogP contribution in [-0.4, -0.2) is 28.6 Å². The number of likely N-dealkylation sites (N-methyl/N-ethyl adjacent to an activating group) is 1. The average Bonchev–Trinajstić information content (AvgIpc) is 3.04. The number of nitrogens with zero attached hydrogens (tertiary/aromatic N) is 2. The number of aryl methyl sites for hydroxylation is 1. The van der Waals surface area contributed by atoms with Gasteiger partial charge in [-0.25, -0.2) is 0 Å². The van der Waals surface area contributed by atoms with Gasteiger partial charge in [0.25, 0.3) is 0 Å². The fraction of sp³-hybridized carbons (Fsp3) is 0.312. The van der Waals surface area contributed by atoms with E-state index in [0.29, 0.717) is 12.4 Å². The zero-order chi connectivity index (χ0) is 15.5. The predicted octanol–water partition coefficient (Wildman–Crippen LogP) is 1.71. The predicted molar refractivity (Wildman–Crippen MR) is 81.8 cm³/mol. The third-order valence-corrected chi connectivity index (χ3v) is 4.68. The van der Waals surface area contributed by atoms with Crippen molar-refractivity contribution in [3.05, 3.63) is 41.1 Å². The number of nitrogens with one attached hydrogen (secondary N) is 2. The Balaban J connectivity index is 2.08. The molecule has 6 heteroatoms. The van der Waals surface area contributed by atoms with Gasteiger partial charge in [-0.15, -0.1) is 0 Å². The summed E-state index contributed by atoms with van der Waals surface area (Å²) in [5.41, 5.74) is 2.66. The summed E-state index contributed by atoms with van der Waals surface area (Å²) >= 11 is 0. The molecule has 1 aromatic carbocycles. The van der Waals surface area contributed by atoms with Gasteiger partial charge in [0.1, 0.15) is 11.2 Å². The molecule has 3 heterocycles. The minimum atomic E-state index is -0.956. The van der Waals surface area contributed by atoms with E-state index >= 15 is 0 Å². The van der Waals surface area contributed by atoms with Crippen LogP contribution in [-0.2, 0) is 15.0 Å². The minimum Gasteiger partial charge on any atom is -0.311 e. The van der Waals surface area contributed by atoms with Crippen molar-refractivity contribution in [1.29, 1.82) is 0 Å². The maximum absolute atomic E-state index is 13.2. The third-order valence-electron chi connectivity index (χ3n) is 4.68. The Hall–Kier alpha value is -2.63. The molecule has 2 N–H and O–H groups in total. The second-order valence-electron chi connectivity index (χ2n) is 5.81. The summed E-state index contributed by atoms with van der Waals surface area (Å²) in [7, 11) is 0. The monoisotopic (exact) mass is 296 g/mol. The molecule has 0 bridgehead atoms. The lowest BCUT2D eigenvalue weighted by molar-refractivity contribution is -0.126. The van der Waals surface area contributed by atoms with E-state index in [4.69, 9.17) is 0 Å². The molecular formula is C16H16N4O2. The fourth-order valence-electron chi connectivity index (χ4n) is 3.77. The van der Waals surface area contributed by atoms with Crippen LogP contribution >= 0.6 is 0 Å². The van der Waals surface area contributed by atoms with Gasteiger partial charge in [0, 0.05) is 18.5 Å². The largest absolute Gasteiger partial charge is 0.311 e. The number of carbonyl (C=O) groups is 2. The molecule has 0 unspecified atom stereocenters.